The molecule has 2 aromatic carbocycles. The monoisotopic (exact) mass is 380 g/mol. The predicted molar refractivity (Wildman–Crippen MR) is 106 cm³/mol. The van der Waals surface area contributed by atoms with Gasteiger partial charge in [0.15, 0.2) is 0 Å². The largest absolute Gasteiger partial charge is 0.493 e. The third kappa shape index (κ3) is 3.54. The minimum absolute atomic E-state index is 0.0559. The van der Waals surface area contributed by atoms with Crippen LogP contribution in [0, 0.1) is 5.92 Å². The van der Waals surface area contributed by atoms with Crippen LogP contribution < -0.4 is 19.7 Å². The van der Waals surface area contributed by atoms with E-state index in [9.17, 15) is 9.59 Å². The van der Waals surface area contributed by atoms with E-state index in [1.54, 1.807) is 4.90 Å². The summed E-state index contributed by atoms with van der Waals surface area (Å²) in [5.74, 6) is 0.954. The predicted octanol–water partition coefficient (Wildman–Crippen LogP) is 3.08. The van der Waals surface area contributed by atoms with Crippen molar-refractivity contribution in [1.29, 1.82) is 0 Å². The van der Waals surface area contributed by atoms with Crippen LogP contribution in [0.2, 0.25) is 0 Å². The molecular weight excluding hydrogens is 356 g/mol. The Morgan fingerprint density at radius 1 is 1.21 bits per heavy atom. The summed E-state index contributed by atoms with van der Waals surface area (Å²) in [7, 11) is 0. The third-order valence-corrected chi connectivity index (χ3v) is 5.23. The van der Waals surface area contributed by atoms with Gasteiger partial charge in [0.2, 0.25) is 11.8 Å². The Labute approximate surface area is 164 Å². The van der Waals surface area contributed by atoms with Gasteiger partial charge in [0.05, 0.1) is 30.9 Å². The molecule has 1 fully saturated rings. The molecule has 0 aromatic heterocycles. The van der Waals surface area contributed by atoms with E-state index in [1.165, 1.54) is 0 Å². The molecule has 2 amide bonds. The first-order valence-corrected chi connectivity index (χ1v) is 9.71. The van der Waals surface area contributed by atoms with E-state index in [-0.39, 0.29) is 30.2 Å². The van der Waals surface area contributed by atoms with E-state index in [0.717, 1.165) is 23.4 Å². The number of carbonyl (C=O) groups excluding carboxylic acids is 2. The lowest BCUT2D eigenvalue weighted by molar-refractivity contribution is -0.127. The number of anilines is 1. The highest BCUT2D eigenvalue weighted by molar-refractivity contribution is 6.01. The zero-order chi connectivity index (χ0) is 19.5. The molecule has 6 heteroatoms. The average molecular weight is 380 g/mol. The second-order valence-corrected chi connectivity index (χ2v) is 7.04. The first-order valence-electron chi connectivity index (χ1n) is 9.71. The fraction of sp³-hybridized carbons (Fsp3) is 0.364. The van der Waals surface area contributed by atoms with Crippen LogP contribution in [-0.4, -0.2) is 31.6 Å². The molecular formula is C22H24N2O4. The number of fused-ring (bicyclic) bond motifs is 1. The first kappa shape index (κ1) is 18.3. The van der Waals surface area contributed by atoms with E-state index in [2.05, 4.69) is 5.32 Å². The van der Waals surface area contributed by atoms with Crippen LogP contribution in [-0.2, 0) is 9.59 Å². The van der Waals surface area contributed by atoms with Crippen molar-refractivity contribution in [3.05, 3.63) is 54.1 Å². The minimum atomic E-state index is -0.378. The van der Waals surface area contributed by atoms with Gasteiger partial charge in [-0.25, -0.2) is 0 Å². The van der Waals surface area contributed by atoms with Crippen molar-refractivity contribution in [2.24, 2.45) is 5.92 Å². The molecule has 0 saturated carbocycles. The molecule has 0 radical (unpaired) electrons. The molecule has 0 bridgehead atoms. The molecule has 0 spiro atoms. The van der Waals surface area contributed by atoms with Gasteiger partial charge in [0.25, 0.3) is 0 Å². The van der Waals surface area contributed by atoms with Crippen LogP contribution >= 0.6 is 0 Å². The smallest absolute Gasteiger partial charge is 0.227 e. The van der Waals surface area contributed by atoms with Gasteiger partial charge in [-0.05, 0) is 25.1 Å². The van der Waals surface area contributed by atoms with Crippen molar-refractivity contribution in [2.75, 3.05) is 24.7 Å². The number of nitrogens with one attached hydrogen (secondary N) is 1. The highest BCUT2D eigenvalue weighted by Crippen LogP contribution is 2.35. The number of benzene rings is 2. The average Bonchev–Trinajstić information content (AvgIpc) is 3.11. The lowest BCUT2D eigenvalue weighted by Crippen LogP contribution is -2.37. The molecule has 6 nitrogen and oxygen atoms in total. The molecule has 4 rings (SSSR count). The Morgan fingerprint density at radius 2 is 2.00 bits per heavy atom. The SMILES string of the molecule is CCOc1ccccc1N1C[C@@H](C(=O)N[C@H]2CCOc3ccccc32)CC1=O. The number of rotatable bonds is 5. The van der Waals surface area contributed by atoms with E-state index in [1.807, 2.05) is 55.5 Å². The first-order chi connectivity index (χ1) is 13.7. The zero-order valence-electron chi connectivity index (χ0n) is 15.9. The Bertz CT molecular complexity index is 882. The van der Waals surface area contributed by atoms with Crippen molar-refractivity contribution in [2.45, 2.75) is 25.8 Å². The van der Waals surface area contributed by atoms with Gasteiger partial charge >= 0.3 is 0 Å². The van der Waals surface area contributed by atoms with E-state index in [0.29, 0.717) is 25.5 Å². The third-order valence-electron chi connectivity index (χ3n) is 5.23. The van der Waals surface area contributed by atoms with Crippen LogP contribution in [0.3, 0.4) is 0 Å². The van der Waals surface area contributed by atoms with Gasteiger partial charge in [-0.2, -0.15) is 0 Å². The molecule has 146 valence electrons. The Hall–Kier alpha value is -3.02. The standard InChI is InChI=1S/C22H24N2O4/c1-2-27-20-10-6-4-8-18(20)24-14-15(13-21(24)25)22(26)23-17-11-12-28-19-9-5-3-7-16(17)19/h3-10,15,17H,2,11-14H2,1H3,(H,23,26)/t15-,17-/m0/s1. The van der Waals surface area contributed by atoms with Gasteiger partial charge in [0.1, 0.15) is 11.5 Å². The molecule has 0 aliphatic carbocycles. The van der Waals surface area contributed by atoms with Crippen molar-refractivity contribution in [3.63, 3.8) is 0 Å². The maximum absolute atomic E-state index is 12.9. The fourth-order valence-corrected chi connectivity index (χ4v) is 3.86. The molecule has 1 saturated heterocycles. The Morgan fingerprint density at radius 3 is 2.86 bits per heavy atom. The molecule has 0 unspecified atom stereocenters. The van der Waals surface area contributed by atoms with Crippen molar-refractivity contribution < 1.29 is 19.1 Å². The van der Waals surface area contributed by atoms with Gasteiger partial charge < -0.3 is 19.7 Å². The Kier molecular flexibility index (Phi) is 5.19. The highest BCUT2D eigenvalue weighted by Gasteiger charge is 2.37. The van der Waals surface area contributed by atoms with Crippen molar-refractivity contribution in [1.82, 2.24) is 5.32 Å². The minimum Gasteiger partial charge on any atom is -0.493 e. The Balaban J connectivity index is 1.47. The number of para-hydroxylation sites is 3. The molecule has 28 heavy (non-hydrogen) atoms. The van der Waals surface area contributed by atoms with E-state index >= 15 is 0 Å². The summed E-state index contributed by atoms with van der Waals surface area (Å²) in [6.07, 6.45) is 0.928. The molecule has 2 atom stereocenters. The molecule has 2 heterocycles. The summed E-state index contributed by atoms with van der Waals surface area (Å²) in [4.78, 5) is 27.2. The van der Waals surface area contributed by atoms with Crippen LogP contribution in [0.1, 0.15) is 31.4 Å². The molecule has 1 N–H and O–H groups in total. The number of hydrogen-bond donors (Lipinski definition) is 1. The number of amides is 2. The topological polar surface area (TPSA) is 67.9 Å². The van der Waals surface area contributed by atoms with Crippen LogP contribution in [0.25, 0.3) is 0 Å². The zero-order valence-corrected chi connectivity index (χ0v) is 15.9. The van der Waals surface area contributed by atoms with E-state index < -0.39 is 0 Å². The molecule has 2 aliphatic rings. The van der Waals surface area contributed by atoms with E-state index in [4.69, 9.17) is 9.47 Å². The second-order valence-electron chi connectivity index (χ2n) is 7.04. The quantitative estimate of drug-likeness (QED) is 0.866. The van der Waals surface area contributed by atoms with Crippen LogP contribution in [0.15, 0.2) is 48.5 Å². The number of hydrogen-bond acceptors (Lipinski definition) is 4. The lowest BCUT2D eigenvalue weighted by Gasteiger charge is -2.27. The maximum Gasteiger partial charge on any atom is 0.227 e. The van der Waals surface area contributed by atoms with Crippen molar-refractivity contribution >= 4 is 17.5 Å². The molecule has 2 aliphatic heterocycles. The van der Waals surface area contributed by atoms with Crippen molar-refractivity contribution in [3.8, 4) is 11.5 Å². The summed E-state index contributed by atoms with van der Waals surface area (Å²) < 4.78 is 11.3. The molecule has 2 aromatic rings. The fourth-order valence-electron chi connectivity index (χ4n) is 3.86. The van der Waals surface area contributed by atoms with Crippen LogP contribution in [0.5, 0.6) is 11.5 Å². The number of carbonyl (C=O) groups is 2. The lowest BCUT2D eigenvalue weighted by atomic mass is 9.99. The van der Waals surface area contributed by atoms with Crippen LogP contribution in [0.4, 0.5) is 5.69 Å². The summed E-state index contributed by atoms with van der Waals surface area (Å²) in [6, 6.07) is 15.1. The van der Waals surface area contributed by atoms with Gasteiger partial charge in [-0.3, -0.25) is 9.59 Å². The van der Waals surface area contributed by atoms with Gasteiger partial charge in [-0.1, -0.05) is 30.3 Å². The second kappa shape index (κ2) is 7.92. The summed E-state index contributed by atoms with van der Waals surface area (Å²) in [5.41, 5.74) is 1.71. The highest BCUT2D eigenvalue weighted by atomic mass is 16.5. The number of ether oxygens (including phenoxy) is 2. The maximum atomic E-state index is 12.9. The van der Waals surface area contributed by atoms with Gasteiger partial charge in [0, 0.05) is 24.9 Å². The summed E-state index contributed by atoms with van der Waals surface area (Å²) >= 11 is 0. The number of nitrogens with zero attached hydrogens (tertiary/aromatic N) is 1. The summed E-state index contributed by atoms with van der Waals surface area (Å²) in [6.45, 7) is 3.36. The normalized spacial score (nSPS) is 21.0. The summed E-state index contributed by atoms with van der Waals surface area (Å²) in [5, 5.41) is 3.12. The van der Waals surface area contributed by atoms with Gasteiger partial charge in [-0.15, -0.1) is 0 Å².